The van der Waals surface area contributed by atoms with Gasteiger partial charge in [0.1, 0.15) is 11.3 Å². The van der Waals surface area contributed by atoms with E-state index in [-0.39, 0.29) is 22.9 Å². The third-order valence-corrected chi connectivity index (χ3v) is 7.05. The van der Waals surface area contributed by atoms with Gasteiger partial charge in [-0.2, -0.15) is 0 Å². The van der Waals surface area contributed by atoms with Crippen LogP contribution in [-0.4, -0.2) is 35.5 Å². The third-order valence-electron chi connectivity index (χ3n) is 7.05. The van der Waals surface area contributed by atoms with Crippen LogP contribution in [0.5, 0.6) is 0 Å². The largest absolute Gasteiger partial charge is 0.478 e. The number of carboxylic acids is 1. The van der Waals surface area contributed by atoms with Crippen LogP contribution in [0, 0.1) is 13.8 Å². The smallest absolute Gasteiger partial charge is 0.337 e. The van der Waals surface area contributed by atoms with Crippen molar-refractivity contribution in [3.8, 4) is 11.3 Å². The minimum atomic E-state index is -1.02. The highest BCUT2D eigenvalue weighted by atomic mass is 16.4. The van der Waals surface area contributed by atoms with Gasteiger partial charge in [0, 0.05) is 41.5 Å². The number of rotatable bonds is 5. The fourth-order valence-electron chi connectivity index (χ4n) is 5.02. The Morgan fingerprint density at radius 1 is 1.08 bits per heavy atom. The Kier molecular flexibility index (Phi) is 6.07. The van der Waals surface area contributed by atoms with Gasteiger partial charge >= 0.3 is 5.97 Å². The predicted molar refractivity (Wildman–Crippen MR) is 143 cm³/mol. The average molecular weight is 497 g/mol. The summed E-state index contributed by atoms with van der Waals surface area (Å²) in [5.41, 5.74) is 5.50. The number of carbonyl (C=O) groups is 2. The van der Waals surface area contributed by atoms with Crippen molar-refractivity contribution >= 4 is 28.5 Å². The molecule has 0 bridgehead atoms. The van der Waals surface area contributed by atoms with E-state index < -0.39 is 5.97 Å². The second-order valence-corrected chi connectivity index (χ2v) is 9.68. The number of para-hydroxylation sites is 1. The molecule has 0 fully saturated rings. The van der Waals surface area contributed by atoms with Crippen molar-refractivity contribution in [3.05, 3.63) is 98.2 Å². The summed E-state index contributed by atoms with van der Waals surface area (Å²) in [6, 6.07) is 15.7. The summed E-state index contributed by atoms with van der Waals surface area (Å²) < 4.78 is 6.47. The number of nitrogens with one attached hydrogen (secondary N) is 1. The molecule has 3 aromatic carbocycles. The number of carboxylic acid groups (broad SMARTS) is 1. The van der Waals surface area contributed by atoms with Crippen molar-refractivity contribution in [2.45, 2.75) is 33.2 Å². The lowest BCUT2D eigenvalue weighted by Gasteiger charge is -2.25. The van der Waals surface area contributed by atoms with E-state index >= 15 is 0 Å². The quantitative estimate of drug-likeness (QED) is 0.374. The predicted octanol–water partition coefficient (Wildman–Crippen LogP) is 5.58. The molecular formula is C30H28N2O5. The first-order valence-corrected chi connectivity index (χ1v) is 12.2. The molecule has 4 aromatic rings. The first-order chi connectivity index (χ1) is 17.7. The van der Waals surface area contributed by atoms with Crippen molar-refractivity contribution in [1.29, 1.82) is 0 Å². The number of hydrogen-bond acceptors (Lipinski definition) is 5. The molecule has 0 aliphatic carbocycles. The van der Waals surface area contributed by atoms with Crippen LogP contribution in [0.25, 0.3) is 22.3 Å². The summed E-state index contributed by atoms with van der Waals surface area (Å²) in [5, 5.41) is 13.3. The van der Waals surface area contributed by atoms with Crippen LogP contribution in [0.1, 0.15) is 55.9 Å². The van der Waals surface area contributed by atoms with E-state index in [1.807, 2.05) is 38.1 Å². The normalized spacial score (nSPS) is 13.9. The Labute approximate surface area is 214 Å². The molecule has 1 aliphatic rings. The van der Waals surface area contributed by atoms with E-state index in [0.717, 1.165) is 28.7 Å². The van der Waals surface area contributed by atoms with E-state index in [4.69, 9.17) is 4.42 Å². The van der Waals surface area contributed by atoms with Gasteiger partial charge in [-0.05, 0) is 68.7 Å². The Bertz CT molecular complexity index is 1640. The molecule has 1 aliphatic heterocycles. The molecule has 2 N–H and O–H groups in total. The van der Waals surface area contributed by atoms with Gasteiger partial charge in [0.2, 0.25) is 0 Å². The van der Waals surface area contributed by atoms with Crippen LogP contribution >= 0.6 is 0 Å². The average Bonchev–Trinajstić information content (AvgIpc) is 2.88. The zero-order valence-electron chi connectivity index (χ0n) is 21.2. The molecule has 0 spiro atoms. The van der Waals surface area contributed by atoms with Crippen LogP contribution in [0.4, 0.5) is 5.69 Å². The molecule has 188 valence electrons. The summed E-state index contributed by atoms with van der Waals surface area (Å²) in [6.45, 7) is 6.22. The zero-order chi connectivity index (χ0) is 26.4. The topological polar surface area (TPSA) is 99.8 Å². The Morgan fingerprint density at radius 2 is 1.84 bits per heavy atom. The van der Waals surface area contributed by atoms with Crippen molar-refractivity contribution in [2.75, 3.05) is 18.9 Å². The molecule has 1 amide bonds. The first-order valence-electron chi connectivity index (χ1n) is 12.2. The van der Waals surface area contributed by atoms with Gasteiger partial charge in [0.25, 0.3) is 5.91 Å². The number of likely N-dealkylation sites (N-methyl/N-ethyl adjacent to an activating group) is 1. The number of fused-ring (bicyclic) bond motifs is 2. The van der Waals surface area contributed by atoms with Crippen LogP contribution < -0.4 is 10.7 Å². The molecule has 1 unspecified atom stereocenters. The highest BCUT2D eigenvalue weighted by Crippen LogP contribution is 2.34. The number of carbonyl (C=O) groups excluding carboxylic acids is 1. The zero-order valence-corrected chi connectivity index (χ0v) is 21.2. The molecule has 5 rings (SSSR count). The van der Waals surface area contributed by atoms with E-state index in [1.54, 1.807) is 49.2 Å². The molecule has 7 nitrogen and oxygen atoms in total. The van der Waals surface area contributed by atoms with E-state index in [9.17, 15) is 19.5 Å². The van der Waals surface area contributed by atoms with Crippen LogP contribution in [0.2, 0.25) is 0 Å². The van der Waals surface area contributed by atoms with Crippen molar-refractivity contribution in [1.82, 2.24) is 4.90 Å². The summed E-state index contributed by atoms with van der Waals surface area (Å²) in [4.78, 5) is 39.5. The molecule has 0 radical (unpaired) electrons. The number of anilines is 1. The lowest BCUT2D eigenvalue weighted by molar-refractivity contribution is 0.0697. The van der Waals surface area contributed by atoms with Gasteiger partial charge in [-0.15, -0.1) is 0 Å². The van der Waals surface area contributed by atoms with Crippen molar-refractivity contribution in [3.63, 3.8) is 0 Å². The molecule has 1 atom stereocenters. The number of amides is 1. The van der Waals surface area contributed by atoms with Crippen LogP contribution in [0.3, 0.4) is 0 Å². The van der Waals surface area contributed by atoms with Crippen LogP contribution in [-0.2, 0) is 6.42 Å². The number of aryl methyl sites for hydroxylation is 1. The second-order valence-electron chi connectivity index (χ2n) is 9.68. The maximum absolute atomic E-state index is 13.5. The van der Waals surface area contributed by atoms with E-state index in [0.29, 0.717) is 40.1 Å². The standard InChI is InChI=1S/C30H28N2O5/c1-16-13-23(18(3)31-25-8-6-5-7-22(25)30(35)36)28-24(14-16)26(33)17(2)27(37-28)20-9-10-21-19(15-20)11-12-32(4)29(21)34/h5-10,13-15,18,31H,11-12H2,1-4H3,(H,35,36). The van der Waals surface area contributed by atoms with Gasteiger partial charge in [-0.3, -0.25) is 9.59 Å². The molecule has 7 heteroatoms. The van der Waals surface area contributed by atoms with Crippen molar-refractivity contribution < 1.29 is 19.1 Å². The third kappa shape index (κ3) is 4.27. The van der Waals surface area contributed by atoms with Gasteiger partial charge in [0.15, 0.2) is 5.43 Å². The van der Waals surface area contributed by atoms with Crippen LogP contribution in [0.15, 0.2) is 63.8 Å². The molecule has 0 saturated heterocycles. The maximum atomic E-state index is 13.5. The number of nitrogens with zero attached hydrogens (tertiary/aromatic N) is 1. The van der Waals surface area contributed by atoms with Crippen molar-refractivity contribution in [2.24, 2.45) is 0 Å². The second kappa shape index (κ2) is 9.24. The minimum absolute atomic E-state index is 0.0104. The first kappa shape index (κ1) is 24.3. The Morgan fingerprint density at radius 3 is 2.59 bits per heavy atom. The van der Waals surface area contributed by atoms with E-state index in [2.05, 4.69) is 5.32 Å². The maximum Gasteiger partial charge on any atom is 0.337 e. The molecule has 0 saturated carbocycles. The molecular weight excluding hydrogens is 468 g/mol. The van der Waals surface area contributed by atoms with Gasteiger partial charge < -0.3 is 19.7 Å². The van der Waals surface area contributed by atoms with Gasteiger partial charge in [-0.25, -0.2) is 4.79 Å². The molecule has 1 aromatic heterocycles. The minimum Gasteiger partial charge on any atom is -0.478 e. The number of aromatic carboxylic acids is 1. The lowest BCUT2D eigenvalue weighted by Crippen LogP contribution is -2.34. The fraction of sp³-hybridized carbons (Fsp3) is 0.233. The fourth-order valence-corrected chi connectivity index (χ4v) is 5.02. The highest BCUT2D eigenvalue weighted by Gasteiger charge is 2.24. The van der Waals surface area contributed by atoms with E-state index in [1.165, 1.54) is 0 Å². The highest BCUT2D eigenvalue weighted by molar-refractivity contribution is 5.97. The number of benzene rings is 3. The Hall–Kier alpha value is -4.39. The summed E-state index contributed by atoms with van der Waals surface area (Å²) in [7, 11) is 1.79. The Balaban J connectivity index is 1.64. The van der Waals surface area contributed by atoms with Gasteiger partial charge in [0.05, 0.1) is 17.0 Å². The molecule has 37 heavy (non-hydrogen) atoms. The summed E-state index contributed by atoms with van der Waals surface area (Å²) in [6.07, 6.45) is 0.733. The number of hydrogen-bond donors (Lipinski definition) is 2. The lowest BCUT2D eigenvalue weighted by atomic mass is 9.94. The summed E-state index contributed by atoms with van der Waals surface area (Å²) >= 11 is 0. The monoisotopic (exact) mass is 496 g/mol. The summed E-state index contributed by atoms with van der Waals surface area (Å²) in [5.74, 6) is -0.565. The molecule has 2 heterocycles. The van der Waals surface area contributed by atoms with Gasteiger partial charge in [-0.1, -0.05) is 24.3 Å². The SMILES string of the molecule is Cc1cc(C(C)Nc2ccccc2C(=O)O)c2oc(-c3ccc4c(c3)CCN(C)C4=O)c(C)c(=O)c2c1.